The number of rotatable bonds is 4. The van der Waals surface area contributed by atoms with E-state index in [0.29, 0.717) is 0 Å². The van der Waals surface area contributed by atoms with Gasteiger partial charge in [-0.05, 0) is 44.7 Å². The molecule has 1 atom stereocenters. The first-order chi connectivity index (χ1) is 12.3. The lowest BCUT2D eigenvalue weighted by Crippen LogP contribution is -2.31. The molecule has 4 heterocycles. The zero-order valence-corrected chi connectivity index (χ0v) is 15.1. The van der Waals surface area contributed by atoms with Crippen LogP contribution in [-0.2, 0) is 17.7 Å². The predicted octanol–water partition coefficient (Wildman–Crippen LogP) is 2.13. The largest absolute Gasteiger partial charge is 0.376 e. The summed E-state index contributed by atoms with van der Waals surface area (Å²) in [7, 11) is 2.13. The number of anilines is 2. The van der Waals surface area contributed by atoms with Crippen molar-refractivity contribution in [3.8, 4) is 6.07 Å². The predicted molar refractivity (Wildman–Crippen MR) is 97.9 cm³/mol. The number of nitrogens with zero attached hydrogens (tertiary/aromatic N) is 4. The van der Waals surface area contributed by atoms with E-state index < -0.39 is 0 Å². The topological polar surface area (TPSA) is 64.4 Å². The lowest BCUT2D eigenvalue weighted by atomic mass is 9.95. The highest BCUT2D eigenvalue weighted by Crippen LogP contribution is 2.34. The number of nitrogens with one attached hydrogen (secondary N) is 1. The Labute approximate surface area is 149 Å². The Morgan fingerprint density at radius 1 is 1.24 bits per heavy atom. The molecule has 0 aliphatic carbocycles. The fraction of sp³-hybridized carbons (Fsp3) is 0.684. The molecule has 1 N–H and O–H groups in total. The fourth-order valence-electron chi connectivity index (χ4n) is 4.19. The minimum absolute atomic E-state index is 0.282. The lowest BCUT2D eigenvalue weighted by molar-refractivity contribution is 0.120. The molecule has 2 fully saturated rings. The number of ether oxygens (including phenoxy) is 1. The van der Waals surface area contributed by atoms with Gasteiger partial charge in [0.05, 0.1) is 11.7 Å². The maximum Gasteiger partial charge on any atom is 0.149 e. The summed E-state index contributed by atoms with van der Waals surface area (Å²) in [6.07, 6.45) is 5.84. The van der Waals surface area contributed by atoms with E-state index in [2.05, 4.69) is 28.2 Å². The van der Waals surface area contributed by atoms with Crippen LogP contribution in [0.3, 0.4) is 0 Å². The Balaban J connectivity index is 1.69. The van der Waals surface area contributed by atoms with Crippen molar-refractivity contribution in [1.29, 1.82) is 5.26 Å². The first-order valence-corrected chi connectivity index (χ1v) is 9.51. The SMILES string of the molecule is CN1CCc2c(C#N)c(N3CCCC3)nc(NC[C@@H]3CCCO3)c2C1. The van der Waals surface area contributed by atoms with Gasteiger partial charge in [-0.15, -0.1) is 0 Å². The Morgan fingerprint density at radius 2 is 2.08 bits per heavy atom. The summed E-state index contributed by atoms with van der Waals surface area (Å²) < 4.78 is 5.75. The zero-order chi connectivity index (χ0) is 17.2. The third-order valence-electron chi connectivity index (χ3n) is 5.60. The molecule has 0 unspecified atom stereocenters. The van der Waals surface area contributed by atoms with Gasteiger partial charge in [0.25, 0.3) is 0 Å². The lowest BCUT2D eigenvalue weighted by Gasteiger charge is -2.30. The highest BCUT2D eigenvalue weighted by atomic mass is 16.5. The van der Waals surface area contributed by atoms with Crippen LogP contribution in [0, 0.1) is 11.3 Å². The van der Waals surface area contributed by atoms with Crippen molar-refractivity contribution in [1.82, 2.24) is 9.88 Å². The standard InChI is InChI=1S/C19H27N5O/c1-23-9-6-15-16(11-20)19(24-7-2-3-8-24)22-18(17(15)13-23)21-12-14-5-4-10-25-14/h14H,2-10,12-13H2,1H3,(H,21,22)/t14-/m0/s1. The van der Waals surface area contributed by atoms with Gasteiger partial charge >= 0.3 is 0 Å². The molecule has 0 saturated carbocycles. The van der Waals surface area contributed by atoms with E-state index in [9.17, 15) is 5.26 Å². The van der Waals surface area contributed by atoms with Crippen molar-refractivity contribution in [3.63, 3.8) is 0 Å². The molecule has 0 amide bonds. The van der Waals surface area contributed by atoms with Gasteiger partial charge in [-0.1, -0.05) is 0 Å². The smallest absolute Gasteiger partial charge is 0.149 e. The van der Waals surface area contributed by atoms with Crippen molar-refractivity contribution >= 4 is 11.6 Å². The number of fused-ring (bicyclic) bond motifs is 1. The van der Waals surface area contributed by atoms with Crippen LogP contribution in [0.25, 0.3) is 0 Å². The molecule has 6 heteroatoms. The van der Waals surface area contributed by atoms with Gasteiger partial charge in [0.15, 0.2) is 0 Å². The number of aromatic nitrogens is 1. The van der Waals surface area contributed by atoms with Crippen LogP contribution in [0.1, 0.15) is 42.4 Å². The first kappa shape index (κ1) is 16.6. The molecule has 0 spiro atoms. The van der Waals surface area contributed by atoms with E-state index in [1.165, 1.54) is 24.0 Å². The normalized spacial score (nSPS) is 23.5. The molecular formula is C19H27N5O. The van der Waals surface area contributed by atoms with Crippen molar-refractivity contribution in [2.45, 2.75) is 44.8 Å². The minimum atomic E-state index is 0.282. The second-order valence-electron chi connectivity index (χ2n) is 7.43. The molecule has 0 bridgehead atoms. The molecule has 3 aliphatic rings. The van der Waals surface area contributed by atoms with Gasteiger partial charge in [0.2, 0.25) is 0 Å². The van der Waals surface area contributed by atoms with Crippen molar-refractivity contribution < 1.29 is 4.74 Å². The summed E-state index contributed by atoms with van der Waals surface area (Å²) >= 11 is 0. The van der Waals surface area contributed by atoms with E-state index >= 15 is 0 Å². The number of hydrogen-bond donors (Lipinski definition) is 1. The quantitative estimate of drug-likeness (QED) is 0.905. The second kappa shape index (κ2) is 7.19. The van der Waals surface area contributed by atoms with E-state index in [1.54, 1.807) is 0 Å². The summed E-state index contributed by atoms with van der Waals surface area (Å²) in [6, 6.07) is 2.46. The van der Waals surface area contributed by atoms with Gasteiger partial charge in [-0.2, -0.15) is 5.26 Å². The van der Waals surface area contributed by atoms with Crippen molar-refractivity contribution in [2.24, 2.45) is 0 Å². The third-order valence-corrected chi connectivity index (χ3v) is 5.60. The van der Waals surface area contributed by atoms with E-state index in [-0.39, 0.29) is 6.10 Å². The average molecular weight is 341 g/mol. The van der Waals surface area contributed by atoms with Crippen molar-refractivity contribution in [2.75, 3.05) is 50.1 Å². The van der Waals surface area contributed by atoms with Crippen LogP contribution in [0.2, 0.25) is 0 Å². The summed E-state index contributed by atoms with van der Waals surface area (Å²) in [5.41, 5.74) is 3.20. The van der Waals surface area contributed by atoms with Crippen LogP contribution in [0.5, 0.6) is 0 Å². The van der Waals surface area contributed by atoms with Crippen LogP contribution in [0.4, 0.5) is 11.6 Å². The Hall–Kier alpha value is -1.84. The number of nitriles is 1. The van der Waals surface area contributed by atoms with Crippen LogP contribution >= 0.6 is 0 Å². The highest BCUT2D eigenvalue weighted by Gasteiger charge is 2.28. The molecule has 6 nitrogen and oxygen atoms in total. The summed E-state index contributed by atoms with van der Waals surface area (Å²) in [4.78, 5) is 9.53. The van der Waals surface area contributed by atoms with Gasteiger partial charge < -0.3 is 19.9 Å². The molecule has 2 saturated heterocycles. The summed E-state index contributed by atoms with van der Waals surface area (Å²) in [6.45, 7) is 5.53. The maximum absolute atomic E-state index is 9.82. The summed E-state index contributed by atoms with van der Waals surface area (Å²) in [5.74, 6) is 1.84. The van der Waals surface area contributed by atoms with E-state index in [0.717, 1.165) is 75.8 Å². The third kappa shape index (κ3) is 3.31. The number of hydrogen-bond acceptors (Lipinski definition) is 6. The molecule has 0 aromatic carbocycles. The van der Waals surface area contributed by atoms with Gasteiger partial charge in [0.1, 0.15) is 17.7 Å². The molecule has 134 valence electrons. The molecule has 1 aromatic heterocycles. The molecular weight excluding hydrogens is 314 g/mol. The number of pyridine rings is 1. The average Bonchev–Trinajstić information content (AvgIpc) is 3.32. The van der Waals surface area contributed by atoms with E-state index in [4.69, 9.17) is 9.72 Å². The van der Waals surface area contributed by atoms with Gasteiger partial charge in [0, 0.05) is 44.9 Å². The Bertz CT molecular complexity index is 671. The molecule has 0 radical (unpaired) electrons. The van der Waals surface area contributed by atoms with Crippen molar-refractivity contribution in [3.05, 3.63) is 16.7 Å². The molecule has 3 aliphatic heterocycles. The van der Waals surface area contributed by atoms with Gasteiger partial charge in [-0.25, -0.2) is 4.98 Å². The monoisotopic (exact) mass is 341 g/mol. The van der Waals surface area contributed by atoms with Crippen LogP contribution in [0.15, 0.2) is 0 Å². The number of likely N-dealkylation sites (N-methyl/N-ethyl adjacent to an activating group) is 1. The molecule has 4 rings (SSSR count). The van der Waals surface area contributed by atoms with E-state index in [1.807, 2.05) is 0 Å². The first-order valence-electron chi connectivity index (χ1n) is 9.51. The second-order valence-corrected chi connectivity index (χ2v) is 7.43. The van der Waals surface area contributed by atoms with Gasteiger partial charge in [-0.3, -0.25) is 0 Å². The minimum Gasteiger partial charge on any atom is -0.376 e. The zero-order valence-electron chi connectivity index (χ0n) is 15.1. The maximum atomic E-state index is 9.82. The molecule has 1 aromatic rings. The van der Waals surface area contributed by atoms with Crippen LogP contribution < -0.4 is 10.2 Å². The Kier molecular flexibility index (Phi) is 4.78. The van der Waals surface area contributed by atoms with Crippen LogP contribution in [-0.4, -0.2) is 55.8 Å². The highest BCUT2D eigenvalue weighted by molar-refractivity contribution is 5.67. The molecule has 25 heavy (non-hydrogen) atoms. The Morgan fingerprint density at radius 3 is 2.80 bits per heavy atom. The summed E-state index contributed by atoms with van der Waals surface area (Å²) in [5, 5.41) is 13.4. The fourth-order valence-corrected chi connectivity index (χ4v) is 4.19.